The highest BCUT2D eigenvalue weighted by molar-refractivity contribution is 6.30. The smallest absolute Gasteiger partial charge is 0.396 e. The van der Waals surface area contributed by atoms with Crippen LogP contribution in [0, 0.1) is 0 Å². The van der Waals surface area contributed by atoms with Gasteiger partial charge in [-0.1, -0.05) is 30.3 Å². The third kappa shape index (κ3) is 2.56. The normalized spacial score (nSPS) is 9.50. The van der Waals surface area contributed by atoms with E-state index in [-0.39, 0.29) is 11.6 Å². The molecule has 0 aliphatic carbocycles. The van der Waals surface area contributed by atoms with E-state index >= 15 is 0 Å². The third-order valence-electron chi connectivity index (χ3n) is 1.59. The first-order valence-corrected chi connectivity index (χ1v) is 3.89. The minimum absolute atomic E-state index is 0.133. The zero-order valence-corrected chi connectivity index (χ0v) is 7.25. The molecule has 1 aromatic rings. The van der Waals surface area contributed by atoms with Gasteiger partial charge in [-0.05, 0) is 5.56 Å². The maximum Gasteiger partial charge on any atom is 0.396 e. The number of nitrogens with zero attached hydrogens (tertiary/aromatic N) is 1. The molecule has 5 heteroatoms. The van der Waals surface area contributed by atoms with Gasteiger partial charge in [0.1, 0.15) is 0 Å². The fraction of sp³-hybridized carbons (Fsp3) is 0.111. The summed E-state index contributed by atoms with van der Waals surface area (Å²) < 4.78 is 0. The Morgan fingerprint density at radius 1 is 1.21 bits per heavy atom. The average Bonchev–Trinajstić information content (AvgIpc) is 2.18. The van der Waals surface area contributed by atoms with E-state index in [4.69, 9.17) is 10.3 Å². The molecule has 14 heavy (non-hydrogen) atoms. The standard InChI is InChI=1S/C9H9NO4/c11-8(9(12)13)10(14)6-7-4-2-1-3-5-7/h1-5,14H,6H2,(H,12,13). The maximum absolute atomic E-state index is 10.7. The molecular formula is C9H9NO4. The van der Waals surface area contributed by atoms with Crippen LogP contribution < -0.4 is 0 Å². The van der Waals surface area contributed by atoms with Gasteiger partial charge in [0, 0.05) is 0 Å². The molecule has 74 valence electrons. The number of benzene rings is 1. The van der Waals surface area contributed by atoms with Crippen molar-refractivity contribution < 1.29 is 19.9 Å². The van der Waals surface area contributed by atoms with Crippen LogP contribution in [-0.2, 0) is 16.1 Å². The van der Waals surface area contributed by atoms with Crippen molar-refractivity contribution in [3.63, 3.8) is 0 Å². The number of hydroxylamine groups is 2. The van der Waals surface area contributed by atoms with Crippen LogP contribution >= 0.6 is 0 Å². The van der Waals surface area contributed by atoms with Crippen molar-refractivity contribution in [1.82, 2.24) is 5.06 Å². The van der Waals surface area contributed by atoms with E-state index in [1.54, 1.807) is 30.3 Å². The van der Waals surface area contributed by atoms with E-state index in [9.17, 15) is 9.59 Å². The summed E-state index contributed by atoms with van der Waals surface area (Å²) in [5, 5.41) is 17.5. The first kappa shape index (κ1) is 10.2. The number of aliphatic carboxylic acids is 1. The Bertz CT molecular complexity index is 336. The topological polar surface area (TPSA) is 77.8 Å². The Morgan fingerprint density at radius 3 is 2.29 bits per heavy atom. The minimum atomic E-state index is -1.68. The van der Waals surface area contributed by atoms with Gasteiger partial charge in [-0.25, -0.2) is 9.86 Å². The van der Waals surface area contributed by atoms with E-state index < -0.39 is 11.9 Å². The highest BCUT2D eigenvalue weighted by Crippen LogP contribution is 2.02. The third-order valence-corrected chi connectivity index (χ3v) is 1.59. The van der Waals surface area contributed by atoms with Crippen molar-refractivity contribution in [2.45, 2.75) is 6.54 Å². The number of carboxylic acids is 1. The molecule has 0 saturated heterocycles. The van der Waals surface area contributed by atoms with Gasteiger partial charge in [0.15, 0.2) is 0 Å². The lowest BCUT2D eigenvalue weighted by Crippen LogP contribution is -2.33. The molecule has 0 atom stereocenters. The van der Waals surface area contributed by atoms with Crippen LogP contribution in [0.1, 0.15) is 5.56 Å². The molecule has 0 radical (unpaired) electrons. The zero-order chi connectivity index (χ0) is 10.6. The van der Waals surface area contributed by atoms with Gasteiger partial charge in [-0.15, -0.1) is 0 Å². The van der Waals surface area contributed by atoms with Gasteiger partial charge in [0.2, 0.25) is 0 Å². The van der Waals surface area contributed by atoms with E-state index in [0.29, 0.717) is 5.56 Å². The van der Waals surface area contributed by atoms with Crippen LogP contribution in [-0.4, -0.2) is 27.3 Å². The fourth-order valence-electron chi connectivity index (χ4n) is 0.939. The van der Waals surface area contributed by atoms with Crippen LogP contribution in [0.3, 0.4) is 0 Å². The second-order valence-electron chi connectivity index (χ2n) is 2.65. The Kier molecular flexibility index (Phi) is 3.19. The zero-order valence-electron chi connectivity index (χ0n) is 7.25. The lowest BCUT2D eigenvalue weighted by atomic mass is 10.2. The molecule has 1 rings (SSSR count). The van der Waals surface area contributed by atoms with Crippen LogP contribution in [0.15, 0.2) is 30.3 Å². The summed E-state index contributed by atoms with van der Waals surface area (Å²) in [4.78, 5) is 20.9. The summed E-state index contributed by atoms with van der Waals surface area (Å²) in [5.41, 5.74) is 0.657. The highest BCUT2D eigenvalue weighted by Gasteiger charge is 2.18. The number of amides is 1. The number of carbonyl (C=O) groups excluding carboxylic acids is 1. The van der Waals surface area contributed by atoms with Gasteiger partial charge in [-0.2, -0.15) is 0 Å². The highest BCUT2D eigenvalue weighted by atomic mass is 16.5. The molecule has 0 aliphatic rings. The van der Waals surface area contributed by atoms with Gasteiger partial charge >= 0.3 is 11.9 Å². The number of hydrogen-bond acceptors (Lipinski definition) is 3. The lowest BCUT2D eigenvalue weighted by Gasteiger charge is -2.11. The summed E-state index contributed by atoms with van der Waals surface area (Å²) in [5.74, 6) is -3.02. The van der Waals surface area contributed by atoms with E-state index in [0.717, 1.165) is 0 Å². The predicted molar refractivity (Wildman–Crippen MR) is 46.4 cm³/mol. The molecule has 1 aromatic carbocycles. The van der Waals surface area contributed by atoms with Gasteiger partial charge in [0.05, 0.1) is 6.54 Å². The van der Waals surface area contributed by atoms with Crippen molar-refractivity contribution in [3.8, 4) is 0 Å². The maximum atomic E-state index is 10.7. The second-order valence-corrected chi connectivity index (χ2v) is 2.65. The van der Waals surface area contributed by atoms with Crippen molar-refractivity contribution in [2.24, 2.45) is 0 Å². The number of hydrogen-bond donors (Lipinski definition) is 2. The van der Waals surface area contributed by atoms with E-state index in [2.05, 4.69) is 0 Å². The van der Waals surface area contributed by atoms with Gasteiger partial charge in [-0.3, -0.25) is 10.0 Å². The Labute approximate surface area is 80.2 Å². The molecule has 0 aliphatic heterocycles. The molecule has 0 heterocycles. The number of rotatable bonds is 2. The van der Waals surface area contributed by atoms with E-state index in [1.807, 2.05) is 0 Å². The quantitative estimate of drug-likeness (QED) is 0.409. The van der Waals surface area contributed by atoms with Crippen molar-refractivity contribution in [2.75, 3.05) is 0 Å². The largest absolute Gasteiger partial charge is 0.474 e. The average molecular weight is 195 g/mol. The van der Waals surface area contributed by atoms with Crippen molar-refractivity contribution in [1.29, 1.82) is 0 Å². The Morgan fingerprint density at radius 2 is 1.79 bits per heavy atom. The molecule has 0 saturated carbocycles. The molecule has 1 amide bonds. The summed E-state index contributed by atoms with van der Waals surface area (Å²) in [6.45, 7) is -0.133. The van der Waals surface area contributed by atoms with E-state index in [1.165, 1.54) is 0 Å². The van der Waals surface area contributed by atoms with Crippen molar-refractivity contribution >= 4 is 11.9 Å². The molecule has 0 spiro atoms. The molecule has 0 fully saturated rings. The molecular weight excluding hydrogens is 186 g/mol. The molecule has 0 bridgehead atoms. The Hall–Kier alpha value is -1.88. The SMILES string of the molecule is O=C(O)C(=O)N(O)Cc1ccccc1. The minimum Gasteiger partial charge on any atom is -0.474 e. The summed E-state index contributed by atoms with van der Waals surface area (Å²) in [6.07, 6.45) is 0. The summed E-state index contributed by atoms with van der Waals surface area (Å²) >= 11 is 0. The van der Waals surface area contributed by atoms with Gasteiger partial charge < -0.3 is 5.11 Å². The molecule has 2 N–H and O–H groups in total. The number of carboxylic acid groups (broad SMARTS) is 1. The predicted octanol–water partition coefficient (Wildman–Crippen LogP) is 0.489. The monoisotopic (exact) mass is 195 g/mol. The second kappa shape index (κ2) is 4.38. The van der Waals surface area contributed by atoms with Crippen LogP contribution in [0.2, 0.25) is 0 Å². The molecule has 0 unspecified atom stereocenters. The molecule has 0 aromatic heterocycles. The summed E-state index contributed by atoms with van der Waals surface area (Å²) in [7, 11) is 0. The van der Waals surface area contributed by atoms with Crippen LogP contribution in [0.4, 0.5) is 0 Å². The first-order chi connectivity index (χ1) is 6.61. The van der Waals surface area contributed by atoms with Crippen LogP contribution in [0.25, 0.3) is 0 Å². The molecule has 5 nitrogen and oxygen atoms in total. The fourth-order valence-corrected chi connectivity index (χ4v) is 0.939. The van der Waals surface area contributed by atoms with Gasteiger partial charge in [0.25, 0.3) is 0 Å². The van der Waals surface area contributed by atoms with Crippen LogP contribution in [0.5, 0.6) is 0 Å². The van der Waals surface area contributed by atoms with Crippen molar-refractivity contribution in [3.05, 3.63) is 35.9 Å². The number of carbonyl (C=O) groups is 2. The summed E-state index contributed by atoms with van der Waals surface area (Å²) in [6, 6.07) is 8.60. The first-order valence-electron chi connectivity index (χ1n) is 3.89. The lowest BCUT2D eigenvalue weighted by molar-refractivity contribution is -0.179. The Balaban J connectivity index is 2.62.